The van der Waals surface area contributed by atoms with E-state index in [9.17, 15) is 0 Å². The highest BCUT2D eigenvalue weighted by Gasteiger charge is 2.47. The minimum Gasteiger partial charge on any atom is -0.399 e. The molecule has 1 aliphatic rings. The molecule has 13 heteroatoms. The molecule has 0 spiro atoms. The fourth-order valence-corrected chi connectivity index (χ4v) is 6.86. The van der Waals surface area contributed by atoms with Crippen molar-refractivity contribution in [2.75, 3.05) is 62.6 Å². The summed E-state index contributed by atoms with van der Waals surface area (Å²) in [4.78, 5) is 0. The first-order valence-electron chi connectivity index (χ1n) is 11.1. The second-order valence-electron chi connectivity index (χ2n) is 7.77. The van der Waals surface area contributed by atoms with Crippen LogP contribution in [0.3, 0.4) is 0 Å². The maximum Gasteiger partial charge on any atom is 0.631 e. The van der Waals surface area contributed by atoms with Gasteiger partial charge in [0.15, 0.2) is 0 Å². The minimum atomic E-state index is -3.05. The van der Waals surface area contributed by atoms with Crippen LogP contribution in [0.4, 0.5) is 0 Å². The molecule has 0 aromatic rings. The monoisotopic (exact) mass is 498 g/mol. The van der Waals surface area contributed by atoms with Crippen molar-refractivity contribution in [3.05, 3.63) is 0 Å². The second kappa shape index (κ2) is 16.7. The zero-order valence-electron chi connectivity index (χ0n) is 21.0. The van der Waals surface area contributed by atoms with Crippen molar-refractivity contribution in [1.29, 1.82) is 0 Å². The second-order valence-corrected chi connectivity index (χ2v) is 12.7. The highest BCUT2D eigenvalue weighted by Crippen LogP contribution is 2.31. The van der Waals surface area contributed by atoms with Gasteiger partial charge in [-0.2, -0.15) is 0 Å². The van der Waals surface area contributed by atoms with E-state index in [4.69, 9.17) is 45.6 Å². The minimum absolute atomic E-state index is 0.00272. The lowest BCUT2D eigenvalue weighted by Gasteiger charge is -2.38. The lowest BCUT2D eigenvalue weighted by molar-refractivity contribution is -0.119. The van der Waals surface area contributed by atoms with Gasteiger partial charge in [-0.15, -0.1) is 0 Å². The molecule has 0 bridgehead atoms. The van der Waals surface area contributed by atoms with Crippen LogP contribution >= 0.6 is 0 Å². The van der Waals surface area contributed by atoms with E-state index in [0.29, 0.717) is 24.8 Å². The van der Waals surface area contributed by atoms with Crippen LogP contribution in [0.5, 0.6) is 0 Å². The van der Waals surface area contributed by atoms with Crippen molar-refractivity contribution in [2.24, 2.45) is 5.92 Å². The molecule has 32 heavy (non-hydrogen) atoms. The maximum atomic E-state index is 6.49. The molecule has 10 nitrogen and oxygen atoms in total. The molecule has 0 aliphatic heterocycles. The summed E-state index contributed by atoms with van der Waals surface area (Å²) < 4.78 is 56.4. The normalized spacial score (nSPS) is 23.0. The van der Waals surface area contributed by atoms with Gasteiger partial charge in [-0.25, -0.2) is 0 Å². The van der Waals surface area contributed by atoms with Crippen molar-refractivity contribution in [3.63, 3.8) is 0 Å². The number of hydrogen-bond acceptors (Lipinski definition) is 10. The van der Waals surface area contributed by atoms with Crippen LogP contribution in [-0.2, 0) is 45.6 Å². The zero-order valence-corrected chi connectivity index (χ0v) is 23.2. The molecule has 0 saturated heterocycles. The molecule has 0 amide bonds. The summed E-state index contributed by atoms with van der Waals surface area (Å²) in [7, 11) is 5.62. The molecule has 0 radical (unpaired) electrons. The molecule has 190 valence electrons. The van der Waals surface area contributed by atoms with Gasteiger partial charge in [-0.1, -0.05) is 6.92 Å². The molecular formula is C19H43BO10Si2. The number of methoxy groups -OCH3 is 1. The number of hydrogen-bond donors (Lipinski definition) is 0. The number of rotatable bonds is 18. The van der Waals surface area contributed by atoms with Gasteiger partial charge < -0.3 is 45.6 Å². The SMILES string of the molecule is CCC(C[Si](OC)(OC)OB(OC)OC)OC1CCC(COC[SiH](OC)OC)CC1OC. The zero-order chi connectivity index (χ0) is 24.0. The first-order chi connectivity index (χ1) is 15.4. The topological polar surface area (TPSA) is 92.3 Å². The van der Waals surface area contributed by atoms with Crippen molar-refractivity contribution < 1.29 is 45.6 Å². The highest BCUT2D eigenvalue weighted by atomic mass is 28.4. The van der Waals surface area contributed by atoms with Crippen LogP contribution < -0.4 is 0 Å². The van der Waals surface area contributed by atoms with Gasteiger partial charge in [-0.3, -0.25) is 0 Å². The van der Waals surface area contributed by atoms with Crippen LogP contribution in [0.15, 0.2) is 0 Å². The quantitative estimate of drug-likeness (QED) is 0.259. The third kappa shape index (κ3) is 9.76. The van der Waals surface area contributed by atoms with Crippen molar-refractivity contribution in [3.8, 4) is 0 Å². The molecule has 4 unspecified atom stereocenters. The predicted molar refractivity (Wildman–Crippen MR) is 125 cm³/mol. The lowest BCUT2D eigenvalue weighted by atomic mass is 9.85. The molecular weight excluding hydrogens is 455 g/mol. The third-order valence-electron chi connectivity index (χ3n) is 5.86. The average Bonchev–Trinajstić information content (AvgIpc) is 2.84. The van der Waals surface area contributed by atoms with Crippen LogP contribution in [-0.4, -0.2) is 106 Å². The van der Waals surface area contributed by atoms with Gasteiger partial charge in [0.05, 0.1) is 24.5 Å². The Balaban J connectivity index is 2.65. The summed E-state index contributed by atoms with van der Waals surface area (Å²) in [5.74, 6) is 0.419. The van der Waals surface area contributed by atoms with Crippen LogP contribution in [0.2, 0.25) is 6.04 Å². The molecule has 4 atom stereocenters. The Hall–Kier alpha value is 0.0987. The van der Waals surface area contributed by atoms with E-state index in [1.807, 2.05) is 0 Å². The Morgan fingerprint density at radius 3 is 2.09 bits per heavy atom. The summed E-state index contributed by atoms with van der Waals surface area (Å²) in [6, 6.07) is 0.485. The summed E-state index contributed by atoms with van der Waals surface area (Å²) in [5.41, 5.74) is 0. The van der Waals surface area contributed by atoms with Gasteiger partial charge >= 0.3 is 25.4 Å². The Morgan fingerprint density at radius 1 is 0.938 bits per heavy atom. The molecule has 1 aliphatic carbocycles. The molecule has 1 fully saturated rings. The molecule has 1 saturated carbocycles. The van der Waals surface area contributed by atoms with E-state index < -0.39 is 25.4 Å². The molecule has 0 aromatic carbocycles. The Morgan fingerprint density at radius 2 is 1.59 bits per heavy atom. The van der Waals surface area contributed by atoms with Crippen molar-refractivity contribution in [1.82, 2.24) is 0 Å². The average molecular weight is 499 g/mol. The van der Waals surface area contributed by atoms with E-state index in [1.165, 1.54) is 14.2 Å². The van der Waals surface area contributed by atoms with Crippen LogP contribution in [0.25, 0.3) is 0 Å². The Labute approximate surface area is 196 Å². The Kier molecular flexibility index (Phi) is 15.7. The molecule has 0 N–H and O–H groups in total. The van der Waals surface area contributed by atoms with Gasteiger partial charge in [0.2, 0.25) is 0 Å². The summed E-state index contributed by atoms with van der Waals surface area (Å²) >= 11 is 0. The van der Waals surface area contributed by atoms with Crippen molar-refractivity contribution in [2.45, 2.75) is 57.0 Å². The summed E-state index contributed by atoms with van der Waals surface area (Å²) in [6.07, 6.45) is 4.00. The van der Waals surface area contributed by atoms with Crippen LogP contribution in [0, 0.1) is 5.92 Å². The first-order valence-corrected chi connectivity index (χ1v) is 14.8. The largest absolute Gasteiger partial charge is 0.631 e. The fraction of sp³-hybridized carbons (Fsp3) is 1.00. The summed E-state index contributed by atoms with van der Waals surface area (Å²) in [5, 5.41) is 0. The van der Waals surface area contributed by atoms with Gasteiger partial charge in [0, 0.05) is 62.4 Å². The van der Waals surface area contributed by atoms with E-state index in [1.54, 1.807) is 35.5 Å². The molecule has 1 rings (SSSR count). The lowest BCUT2D eigenvalue weighted by Crippen LogP contribution is -2.52. The van der Waals surface area contributed by atoms with E-state index in [-0.39, 0.29) is 18.3 Å². The van der Waals surface area contributed by atoms with E-state index >= 15 is 0 Å². The molecule has 0 heterocycles. The Bertz CT molecular complexity index is 469. The van der Waals surface area contributed by atoms with E-state index in [0.717, 1.165) is 25.7 Å². The third-order valence-corrected chi connectivity index (χ3v) is 10.2. The van der Waals surface area contributed by atoms with Crippen molar-refractivity contribution >= 4 is 25.4 Å². The van der Waals surface area contributed by atoms with Gasteiger partial charge in [0.1, 0.15) is 0 Å². The van der Waals surface area contributed by atoms with Crippen LogP contribution in [0.1, 0.15) is 32.6 Å². The van der Waals surface area contributed by atoms with Gasteiger partial charge in [-0.05, 0) is 31.6 Å². The number of ether oxygens (including phenoxy) is 3. The van der Waals surface area contributed by atoms with E-state index in [2.05, 4.69) is 6.92 Å². The predicted octanol–water partition coefficient (Wildman–Crippen LogP) is 1.56. The fourth-order valence-electron chi connectivity index (χ4n) is 3.85. The smallest absolute Gasteiger partial charge is 0.399 e. The standard InChI is InChI=1S/C19H43BO10Si2/c1-9-17(14-32(26-7,27-8)30-20(22-3)23-4)29-18-11-10-16(12-19(18)21-2)13-28-15-31(24-5)25-6/h16-19,31H,9-15H2,1-8H3. The summed E-state index contributed by atoms with van der Waals surface area (Å²) in [6.45, 7) is 2.75. The maximum absolute atomic E-state index is 6.49. The molecule has 0 aromatic heterocycles. The highest BCUT2D eigenvalue weighted by molar-refractivity contribution is 6.67. The first kappa shape index (κ1) is 30.1. The van der Waals surface area contributed by atoms with Gasteiger partial charge in [0.25, 0.3) is 0 Å².